The first kappa shape index (κ1) is 26.4. The molecule has 2 atom stereocenters. The minimum atomic E-state index is 0.109. The lowest BCUT2D eigenvalue weighted by Crippen LogP contribution is -2.62. The van der Waals surface area contributed by atoms with Crippen molar-refractivity contribution in [2.45, 2.75) is 31.7 Å². The van der Waals surface area contributed by atoms with Crippen molar-refractivity contribution in [3.63, 3.8) is 0 Å². The molecule has 2 aliphatic carbocycles. The van der Waals surface area contributed by atoms with Crippen LogP contribution in [0.3, 0.4) is 0 Å². The molecule has 0 saturated carbocycles. The fraction of sp³-hybridized carbons (Fsp3) is 0.116. The smallest absolute Gasteiger partial charge is 0.252 e. The van der Waals surface area contributed by atoms with E-state index in [1.54, 1.807) is 0 Å². The Morgan fingerprint density at radius 1 is 0.688 bits per heavy atom. The summed E-state index contributed by atoms with van der Waals surface area (Å²) >= 11 is 0. The van der Waals surface area contributed by atoms with E-state index < -0.39 is 0 Å². The molecule has 11 rings (SSSR count). The third kappa shape index (κ3) is 3.51. The van der Waals surface area contributed by atoms with Crippen molar-refractivity contribution in [2.24, 2.45) is 0 Å². The van der Waals surface area contributed by atoms with Crippen molar-refractivity contribution in [3.05, 3.63) is 137 Å². The highest BCUT2D eigenvalue weighted by molar-refractivity contribution is 7.00. The summed E-state index contributed by atoms with van der Waals surface area (Å²) in [5.41, 5.74) is 14.2. The SMILES string of the molecule is CC1CC=Cc2oc3cc(N4c5ccccc5B5c6ccccc6N(C6C=c7oc8ccccc8c7=CC6)c6cccc4c65)ccc3c21. The molecule has 2 unspecified atom stereocenters. The first-order chi connectivity index (χ1) is 23.7. The summed E-state index contributed by atoms with van der Waals surface area (Å²) in [4.78, 5) is 5.01. The van der Waals surface area contributed by atoms with Gasteiger partial charge in [-0.3, -0.25) is 0 Å². The maximum atomic E-state index is 6.50. The normalized spacial score (nSPS) is 18.5. The van der Waals surface area contributed by atoms with E-state index in [-0.39, 0.29) is 12.8 Å². The zero-order valence-electron chi connectivity index (χ0n) is 26.6. The minimum Gasteiger partial charge on any atom is -0.456 e. The topological polar surface area (TPSA) is 32.8 Å². The van der Waals surface area contributed by atoms with Gasteiger partial charge < -0.3 is 18.6 Å². The van der Waals surface area contributed by atoms with Crippen LogP contribution in [0.25, 0.3) is 40.2 Å². The van der Waals surface area contributed by atoms with Crippen LogP contribution in [-0.4, -0.2) is 12.8 Å². The predicted octanol–water partition coefficient (Wildman–Crippen LogP) is 7.48. The standard InChI is InChI=1S/C43H31BN2O2/c1-26-10-8-19-39-42(26)31-23-21-28(25-41(31)48-39)46-35-15-6-4-13-33(35)44-32-12-3-5-14-34(32)45(36-16-9-17-37(46)43(36)44)27-20-22-30-29-11-2-7-18-38(29)47-40(30)24-27/h2-9,11-19,21-27H,10,20H2,1H3. The molecule has 0 saturated heterocycles. The Morgan fingerprint density at radius 2 is 1.46 bits per heavy atom. The van der Waals surface area contributed by atoms with Crippen LogP contribution in [-0.2, 0) is 0 Å². The van der Waals surface area contributed by atoms with Crippen LogP contribution in [0, 0.1) is 0 Å². The lowest BCUT2D eigenvalue weighted by Gasteiger charge is -2.45. The first-order valence-corrected chi connectivity index (χ1v) is 17.1. The lowest BCUT2D eigenvalue weighted by atomic mass is 9.33. The van der Waals surface area contributed by atoms with Gasteiger partial charge in [0.15, 0.2) is 0 Å². The molecule has 0 fully saturated rings. The van der Waals surface area contributed by atoms with Crippen molar-refractivity contribution >= 4 is 91.7 Å². The van der Waals surface area contributed by atoms with Crippen molar-refractivity contribution in [2.75, 3.05) is 9.80 Å². The van der Waals surface area contributed by atoms with E-state index in [0.717, 1.165) is 40.9 Å². The van der Waals surface area contributed by atoms with Crippen molar-refractivity contribution in [1.82, 2.24) is 0 Å². The van der Waals surface area contributed by atoms with Gasteiger partial charge in [-0.25, -0.2) is 0 Å². The second kappa shape index (κ2) is 9.68. The Bertz CT molecular complexity index is 2650. The molecule has 4 nitrogen and oxygen atoms in total. The molecule has 0 radical (unpaired) electrons. The van der Waals surface area contributed by atoms with Gasteiger partial charge >= 0.3 is 0 Å². The van der Waals surface area contributed by atoms with Gasteiger partial charge in [0.2, 0.25) is 0 Å². The molecule has 2 aromatic heterocycles. The van der Waals surface area contributed by atoms with E-state index >= 15 is 0 Å². The summed E-state index contributed by atoms with van der Waals surface area (Å²) in [7, 11) is 0. The quantitative estimate of drug-likeness (QED) is 0.188. The number of para-hydroxylation sites is 3. The molecule has 228 valence electrons. The molecule has 0 bridgehead atoms. The van der Waals surface area contributed by atoms with Gasteiger partial charge in [-0.2, -0.15) is 0 Å². The van der Waals surface area contributed by atoms with E-state index in [9.17, 15) is 0 Å². The Labute approximate surface area is 278 Å². The monoisotopic (exact) mass is 618 g/mol. The number of benzene rings is 5. The molecule has 2 aliphatic heterocycles. The summed E-state index contributed by atoms with van der Waals surface area (Å²) in [6.45, 7) is 2.42. The molecule has 5 heteroatoms. The molecule has 48 heavy (non-hydrogen) atoms. The Kier molecular flexibility index (Phi) is 5.32. The summed E-state index contributed by atoms with van der Waals surface area (Å²) in [6.07, 6.45) is 11.0. The van der Waals surface area contributed by atoms with Crippen LogP contribution in [0.4, 0.5) is 28.4 Å². The summed E-state index contributed by atoms with van der Waals surface area (Å²) < 4.78 is 12.9. The van der Waals surface area contributed by atoms with Crippen LogP contribution in [0.5, 0.6) is 0 Å². The van der Waals surface area contributed by atoms with E-state index in [1.165, 1.54) is 60.7 Å². The van der Waals surface area contributed by atoms with Crippen LogP contribution >= 0.6 is 0 Å². The fourth-order valence-corrected chi connectivity index (χ4v) is 8.97. The van der Waals surface area contributed by atoms with Crippen LogP contribution in [0.2, 0.25) is 0 Å². The molecule has 5 aromatic carbocycles. The molecule has 4 heterocycles. The number of hydrogen-bond acceptors (Lipinski definition) is 4. The third-order valence-electron chi connectivity index (χ3n) is 11.0. The van der Waals surface area contributed by atoms with E-state index in [1.807, 2.05) is 6.07 Å². The Balaban J connectivity index is 1.13. The highest BCUT2D eigenvalue weighted by Crippen LogP contribution is 2.44. The number of furan rings is 2. The van der Waals surface area contributed by atoms with E-state index in [2.05, 4.69) is 144 Å². The Morgan fingerprint density at radius 3 is 2.38 bits per heavy atom. The number of nitrogens with zero attached hydrogens (tertiary/aromatic N) is 2. The second-order valence-electron chi connectivity index (χ2n) is 13.6. The minimum absolute atomic E-state index is 0.109. The largest absolute Gasteiger partial charge is 0.456 e. The van der Waals surface area contributed by atoms with E-state index in [0.29, 0.717) is 5.92 Å². The molecular weight excluding hydrogens is 587 g/mol. The van der Waals surface area contributed by atoms with Crippen molar-refractivity contribution in [1.29, 1.82) is 0 Å². The molecule has 0 amide bonds. The van der Waals surface area contributed by atoms with Crippen LogP contribution in [0.1, 0.15) is 37.0 Å². The number of allylic oxidation sites excluding steroid dienone is 1. The third-order valence-corrected chi connectivity index (χ3v) is 11.0. The number of anilines is 5. The van der Waals surface area contributed by atoms with Gasteiger partial charge in [-0.05, 0) is 89.8 Å². The van der Waals surface area contributed by atoms with Gasteiger partial charge in [0.25, 0.3) is 6.71 Å². The van der Waals surface area contributed by atoms with Gasteiger partial charge in [0, 0.05) is 56.1 Å². The summed E-state index contributed by atoms with van der Waals surface area (Å²) in [5.74, 6) is 1.45. The predicted molar refractivity (Wildman–Crippen MR) is 199 cm³/mol. The fourth-order valence-electron chi connectivity index (χ4n) is 8.97. The van der Waals surface area contributed by atoms with Crippen LogP contribution < -0.4 is 36.8 Å². The highest BCUT2D eigenvalue weighted by atomic mass is 16.3. The maximum absolute atomic E-state index is 6.50. The molecule has 4 aliphatic rings. The average molecular weight is 619 g/mol. The zero-order chi connectivity index (χ0) is 31.5. The van der Waals surface area contributed by atoms with Gasteiger partial charge in [-0.1, -0.05) is 79.7 Å². The zero-order valence-corrected chi connectivity index (χ0v) is 26.6. The maximum Gasteiger partial charge on any atom is 0.252 e. The number of fused-ring (bicyclic) bond motifs is 10. The summed E-state index contributed by atoms with van der Waals surface area (Å²) in [6, 6.07) is 40.0. The number of hydrogen-bond donors (Lipinski definition) is 0. The molecule has 7 aromatic rings. The Hall–Kier alpha value is -5.68. The average Bonchev–Trinajstić information content (AvgIpc) is 3.69. The lowest BCUT2D eigenvalue weighted by molar-refractivity contribution is 0.568. The summed E-state index contributed by atoms with van der Waals surface area (Å²) in [5, 5.41) is 3.61. The van der Waals surface area contributed by atoms with Crippen LogP contribution in [0.15, 0.2) is 124 Å². The van der Waals surface area contributed by atoms with Gasteiger partial charge in [0.1, 0.15) is 22.3 Å². The molecular formula is C43H31BN2O2. The van der Waals surface area contributed by atoms with E-state index in [4.69, 9.17) is 8.83 Å². The number of rotatable bonds is 2. The van der Waals surface area contributed by atoms with Crippen molar-refractivity contribution < 1.29 is 8.83 Å². The van der Waals surface area contributed by atoms with Gasteiger partial charge in [-0.15, -0.1) is 0 Å². The molecule has 0 spiro atoms. The second-order valence-corrected chi connectivity index (χ2v) is 13.6. The van der Waals surface area contributed by atoms with Gasteiger partial charge in [0.05, 0.1) is 6.04 Å². The first-order valence-electron chi connectivity index (χ1n) is 17.1. The molecule has 0 N–H and O–H groups in total. The van der Waals surface area contributed by atoms with Crippen molar-refractivity contribution in [3.8, 4) is 0 Å². The highest BCUT2D eigenvalue weighted by Gasteiger charge is 2.43.